The summed E-state index contributed by atoms with van der Waals surface area (Å²) in [5.41, 5.74) is 2.43. The molecule has 0 bridgehead atoms. The topological polar surface area (TPSA) is 42.0 Å². The number of thiazole rings is 1. The molecule has 0 unspecified atom stereocenters. The van der Waals surface area contributed by atoms with Crippen molar-refractivity contribution in [1.82, 2.24) is 4.98 Å². The maximum absolute atomic E-state index is 13.0. The number of carbonyl (C=O) groups is 1. The second kappa shape index (κ2) is 8.47. The average Bonchev–Trinajstić information content (AvgIpc) is 3.06. The summed E-state index contributed by atoms with van der Waals surface area (Å²) in [6.45, 7) is 0. The van der Waals surface area contributed by atoms with Gasteiger partial charge in [0.05, 0.1) is 5.69 Å². The Hall–Kier alpha value is -1.89. The van der Waals surface area contributed by atoms with Gasteiger partial charge in [0.2, 0.25) is 5.91 Å². The number of aromatic nitrogens is 1. The highest BCUT2D eigenvalue weighted by atomic mass is 35.5. The van der Waals surface area contributed by atoms with Crippen LogP contribution in [0, 0.1) is 5.82 Å². The van der Waals surface area contributed by atoms with Gasteiger partial charge in [-0.2, -0.15) is 0 Å². The predicted octanol–water partition coefficient (Wildman–Crippen LogP) is 5.72. The van der Waals surface area contributed by atoms with Crippen molar-refractivity contribution in [3.8, 4) is 11.3 Å². The number of hydrogen-bond acceptors (Lipinski definition) is 4. The molecule has 128 valence electrons. The van der Waals surface area contributed by atoms with Crippen LogP contribution in [0.15, 0.2) is 58.3 Å². The minimum atomic E-state index is -0.264. The van der Waals surface area contributed by atoms with E-state index in [-0.39, 0.29) is 11.7 Å². The SMILES string of the molecule is O=C(CCSc1nc(-c2ccc(F)cc2)cs1)Nc1ccc(Cl)cc1. The second-order valence-electron chi connectivity index (χ2n) is 5.16. The zero-order valence-corrected chi connectivity index (χ0v) is 15.4. The van der Waals surface area contributed by atoms with Crippen molar-refractivity contribution in [2.75, 3.05) is 11.1 Å². The first-order valence-electron chi connectivity index (χ1n) is 7.50. The fourth-order valence-electron chi connectivity index (χ4n) is 2.06. The third-order valence-corrected chi connectivity index (χ3v) is 5.58. The number of nitrogens with one attached hydrogen (secondary N) is 1. The van der Waals surface area contributed by atoms with Crippen LogP contribution in [-0.2, 0) is 4.79 Å². The number of halogens is 2. The van der Waals surface area contributed by atoms with Crippen molar-refractivity contribution in [2.24, 2.45) is 0 Å². The normalized spacial score (nSPS) is 10.6. The lowest BCUT2D eigenvalue weighted by molar-refractivity contribution is -0.115. The van der Waals surface area contributed by atoms with Gasteiger partial charge in [0.1, 0.15) is 5.82 Å². The van der Waals surface area contributed by atoms with Crippen LogP contribution in [0.1, 0.15) is 6.42 Å². The molecule has 0 aliphatic heterocycles. The number of anilines is 1. The van der Waals surface area contributed by atoms with Gasteiger partial charge in [0.25, 0.3) is 0 Å². The van der Waals surface area contributed by atoms with E-state index in [9.17, 15) is 9.18 Å². The monoisotopic (exact) mass is 392 g/mol. The van der Waals surface area contributed by atoms with E-state index in [4.69, 9.17) is 11.6 Å². The molecule has 3 rings (SSSR count). The van der Waals surface area contributed by atoms with Gasteiger partial charge in [-0.25, -0.2) is 9.37 Å². The van der Waals surface area contributed by atoms with Crippen molar-refractivity contribution in [2.45, 2.75) is 10.8 Å². The van der Waals surface area contributed by atoms with Crippen molar-refractivity contribution in [3.63, 3.8) is 0 Å². The van der Waals surface area contributed by atoms with E-state index < -0.39 is 0 Å². The molecule has 0 saturated carbocycles. The maximum Gasteiger partial charge on any atom is 0.225 e. The standard InChI is InChI=1S/C18H14ClFN2OS2/c19-13-3-7-15(8-4-13)21-17(23)9-10-24-18-22-16(11-25-18)12-1-5-14(20)6-2-12/h1-8,11H,9-10H2,(H,21,23). The van der Waals surface area contributed by atoms with Gasteiger partial charge in [0.15, 0.2) is 4.34 Å². The summed E-state index contributed by atoms with van der Waals surface area (Å²) in [6.07, 6.45) is 0.388. The minimum absolute atomic E-state index is 0.0508. The van der Waals surface area contributed by atoms with Crippen molar-refractivity contribution < 1.29 is 9.18 Å². The Balaban J connectivity index is 1.48. The average molecular weight is 393 g/mol. The van der Waals surface area contributed by atoms with E-state index >= 15 is 0 Å². The highest BCUT2D eigenvalue weighted by Gasteiger charge is 2.07. The Bertz CT molecular complexity index is 850. The molecule has 3 nitrogen and oxygen atoms in total. The molecule has 1 aromatic heterocycles. The van der Waals surface area contributed by atoms with Crippen LogP contribution in [0.5, 0.6) is 0 Å². The molecule has 1 heterocycles. The summed E-state index contributed by atoms with van der Waals surface area (Å²) in [5.74, 6) is 0.320. The molecule has 0 atom stereocenters. The Morgan fingerprint density at radius 2 is 1.88 bits per heavy atom. The zero-order valence-electron chi connectivity index (χ0n) is 13.0. The van der Waals surface area contributed by atoms with E-state index in [0.717, 1.165) is 21.3 Å². The molecule has 25 heavy (non-hydrogen) atoms. The molecule has 1 amide bonds. The van der Waals surface area contributed by atoms with Gasteiger partial charge >= 0.3 is 0 Å². The summed E-state index contributed by atoms with van der Waals surface area (Å²) < 4.78 is 13.8. The Labute approximate surface area is 158 Å². The maximum atomic E-state index is 13.0. The van der Waals surface area contributed by atoms with E-state index in [1.165, 1.54) is 35.2 Å². The fourth-order valence-corrected chi connectivity index (χ4v) is 4.03. The smallest absolute Gasteiger partial charge is 0.225 e. The number of amides is 1. The summed E-state index contributed by atoms with van der Waals surface area (Å²) >= 11 is 8.86. The Kier molecular flexibility index (Phi) is 6.07. The van der Waals surface area contributed by atoms with Crippen LogP contribution in [0.4, 0.5) is 10.1 Å². The second-order valence-corrected chi connectivity index (χ2v) is 7.80. The summed E-state index contributed by atoms with van der Waals surface area (Å²) in [4.78, 5) is 16.4. The van der Waals surface area contributed by atoms with Gasteiger partial charge in [-0.1, -0.05) is 23.4 Å². The first-order chi connectivity index (χ1) is 12.1. The number of hydrogen-bond donors (Lipinski definition) is 1. The van der Waals surface area contributed by atoms with Crippen LogP contribution >= 0.6 is 34.7 Å². The molecule has 0 aliphatic rings. The predicted molar refractivity (Wildman–Crippen MR) is 103 cm³/mol. The van der Waals surface area contributed by atoms with E-state index in [1.807, 2.05) is 5.38 Å². The zero-order chi connectivity index (χ0) is 17.6. The van der Waals surface area contributed by atoms with Gasteiger partial charge in [-0.05, 0) is 48.5 Å². The van der Waals surface area contributed by atoms with Gasteiger partial charge < -0.3 is 5.32 Å². The molecule has 7 heteroatoms. The third kappa shape index (κ3) is 5.29. The first kappa shape index (κ1) is 17.9. The number of carbonyl (C=O) groups excluding carboxylic acids is 1. The third-order valence-electron chi connectivity index (χ3n) is 3.31. The van der Waals surface area contributed by atoms with Crippen LogP contribution in [0.25, 0.3) is 11.3 Å². The van der Waals surface area contributed by atoms with Gasteiger partial charge in [-0.15, -0.1) is 11.3 Å². The van der Waals surface area contributed by atoms with Crippen molar-refractivity contribution >= 4 is 46.3 Å². The van der Waals surface area contributed by atoms with Crippen LogP contribution < -0.4 is 5.32 Å². The highest BCUT2D eigenvalue weighted by molar-refractivity contribution is 8.01. The lowest BCUT2D eigenvalue weighted by Gasteiger charge is -2.04. The molecule has 2 aromatic carbocycles. The van der Waals surface area contributed by atoms with E-state index in [2.05, 4.69) is 10.3 Å². The summed E-state index contributed by atoms with van der Waals surface area (Å²) in [7, 11) is 0. The van der Waals surface area contributed by atoms with Gasteiger partial charge in [-0.3, -0.25) is 4.79 Å². The van der Waals surface area contributed by atoms with E-state index in [0.29, 0.717) is 17.2 Å². The van der Waals surface area contributed by atoms with Crippen LogP contribution in [-0.4, -0.2) is 16.6 Å². The van der Waals surface area contributed by atoms with Gasteiger partial charge in [0, 0.05) is 33.8 Å². The first-order valence-corrected chi connectivity index (χ1v) is 9.74. The Morgan fingerprint density at radius 1 is 1.16 bits per heavy atom. The minimum Gasteiger partial charge on any atom is -0.326 e. The number of thioether (sulfide) groups is 1. The molecule has 3 aromatic rings. The number of rotatable bonds is 6. The molecule has 0 fully saturated rings. The summed E-state index contributed by atoms with van der Waals surface area (Å²) in [6, 6.07) is 13.3. The lowest BCUT2D eigenvalue weighted by atomic mass is 10.2. The molecule has 0 aliphatic carbocycles. The molecule has 0 saturated heterocycles. The van der Waals surface area contributed by atoms with E-state index in [1.54, 1.807) is 36.4 Å². The number of nitrogens with zero attached hydrogens (tertiary/aromatic N) is 1. The fraction of sp³-hybridized carbons (Fsp3) is 0.111. The number of benzene rings is 2. The molecule has 0 radical (unpaired) electrons. The lowest BCUT2D eigenvalue weighted by Crippen LogP contribution is -2.11. The highest BCUT2D eigenvalue weighted by Crippen LogP contribution is 2.28. The van der Waals surface area contributed by atoms with Crippen LogP contribution in [0.2, 0.25) is 5.02 Å². The molecular weight excluding hydrogens is 379 g/mol. The van der Waals surface area contributed by atoms with Crippen molar-refractivity contribution in [3.05, 3.63) is 64.8 Å². The molecule has 1 N–H and O–H groups in total. The molecular formula is C18H14ClFN2OS2. The molecule has 0 spiro atoms. The van der Waals surface area contributed by atoms with Crippen LogP contribution in [0.3, 0.4) is 0 Å². The summed E-state index contributed by atoms with van der Waals surface area (Å²) in [5, 5.41) is 5.40. The Morgan fingerprint density at radius 3 is 2.60 bits per heavy atom. The van der Waals surface area contributed by atoms with Crippen molar-refractivity contribution in [1.29, 1.82) is 0 Å². The quantitative estimate of drug-likeness (QED) is 0.545. The largest absolute Gasteiger partial charge is 0.326 e.